The highest BCUT2D eigenvalue weighted by molar-refractivity contribution is 5.57. The molecule has 1 fully saturated rings. The van der Waals surface area contributed by atoms with Gasteiger partial charge in [-0.15, -0.1) is 5.10 Å². The molecular formula is C15H23N5. The van der Waals surface area contributed by atoms with E-state index in [0.717, 1.165) is 24.3 Å². The molecule has 1 unspecified atom stereocenters. The van der Waals surface area contributed by atoms with Crippen LogP contribution in [0.15, 0.2) is 0 Å². The molecule has 0 amide bonds. The number of anilines is 1. The molecule has 0 aromatic carbocycles. The fraction of sp³-hybridized carbons (Fsp3) is 0.667. The zero-order valence-corrected chi connectivity index (χ0v) is 12.8. The van der Waals surface area contributed by atoms with Crippen molar-refractivity contribution < 1.29 is 0 Å². The molecule has 1 atom stereocenters. The number of rotatable bonds is 3. The molecule has 5 nitrogen and oxygen atoms in total. The summed E-state index contributed by atoms with van der Waals surface area (Å²) in [5.74, 6) is 1.34. The molecule has 0 spiro atoms. The largest absolute Gasteiger partial charge is 0.357 e. The summed E-state index contributed by atoms with van der Waals surface area (Å²) in [5, 5.41) is 17.8. The zero-order valence-electron chi connectivity index (χ0n) is 12.8. The van der Waals surface area contributed by atoms with Crippen molar-refractivity contribution in [1.29, 1.82) is 5.26 Å². The van der Waals surface area contributed by atoms with Crippen LogP contribution >= 0.6 is 0 Å². The quantitative estimate of drug-likeness (QED) is 0.839. The van der Waals surface area contributed by atoms with Gasteiger partial charge in [-0.25, -0.2) is 0 Å². The van der Waals surface area contributed by atoms with Crippen LogP contribution in [0.25, 0.3) is 0 Å². The third kappa shape index (κ3) is 3.07. The number of piperidine rings is 1. The molecule has 0 N–H and O–H groups in total. The van der Waals surface area contributed by atoms with Crippen LogP contribution in [0.3, 0.4) is 0 Å². The van der Waals surface area contributed by atoms with Crippen molar-refractivity contribution in [2.75, 3.05) is 38.6 Å². The van der Waals surface area contributed by atoms with E-state index >= 15 is 0 Å². The second-order valence-electron chi connectivity index (χ2n) is 5.87. The Morgan fingerprint density at radius 3 is 2.80 bits per heavy atom. The first-order chi connectivity index (χ1) is 9.52. The van der Waals surface area contributed by atoms with Crippen LogP contribution in [0, 0.1) is 31.1 Å². The molecular weight excluding hydrogens is 250 g/mol. The Balaban J connectivity index is 2.15. The maximum atomic E-state index is 9.37. The molecule has 1 aliphatic heterocycles. The lowest BCUT2D eigenvalue weighted by molar-refractivity contribution is 0.213. The van der Waals surface area contributed by atoms with Gasteiger partial charge in [0.05, 0.1) is 5.69 Å². The smallest absolute Gasteiger partial charge is 0.169 e. The van der Waals surface area contributed by atoms with Crippen molar-refractivity contribution in [3.05, 3.63) is 16.8 Å². The standard InChI is InChI=1S/C15H23N5/c1-11-12(2)17-18-15(14(11)8-16)20(4)10-13-6-5-7-19(3)9-13/h13H,5-7,9-10H2,1-4H3. The van der Waals surface area contributed by atoms with Crippen molar-refractivity contribution in [2.24, 2.45) is 5.92 Å². The van der Waals surface area contributed by atoms with Gasteiger partial charge in [-0.2, -0.15) is 10.4 Å². The summed E-state index contributed by atoms with van der Waals surface area (Å²) >= 11 is 0. The molecule has 0 bridgehead atoms. The van der Waals surface area contributed by atoms with Gasteiger partial charge in [-0.3, -0.25) is 0 Å². The number of hydrogen-bond donors (Lipinski definition) is 0. The van der Waals surface area contributed by atoms with Gasteiger partial charge in [0.15, 0.2) is 5.82 Å². The van der Waals surface area contributed by atoms with E-state index in [1.807, 2.05) is 20.9 Å². The topological polar surface area (TPSA) is 56.1 Å². The van der Waals surface area contributed by atoms with E-state index < -0.39 is 0 Å². The lowest BCUT2D eigenvalue weighted by Crippen LogP contribution is -2.38. The fourth-order valence-electron chi connectivity index (χ4n) is 2.89. The molecule has 5 heteroatoms. The second-order valence-corrected chi connectivity index (χ2v) is 5.87. The molecule has 1 aromatic heterocycles. The van der Waals surface area contributed by atoms with E-state index in [1.165, 1.54) is 19.4 Å². The average molecular weight is 273 g/mol. The van der Waals surface area contributed by atoms with E-state index in [-0.39, 0.29) is 0 Å². The van der Waals surface area contributed by atoms with Crippen LogP contribution in [0.2, 0.25) is 0 Å². The zero-order chi connectivity index (χ0) is 14.7. The monoisotopic (exact) mass is 273 g/mol. The predicted octanol–water partition coefficient (Wildman–Crippen LogP) is 1.74. The third-order valence-corrected chi connectivity index (χ3v) is 4.16. The third-order valence-electron chi connectivity index (χ3n) is 4.16. The number of nitrogens with zero attached hydrogens (tertiary/aromatic N) is 5. The second kappa shape index (κ2) is 6.19. The minimum Gasteiger partial charge on any atom is -0.357 e. The minimum atomic E-state index is 0.633. The Bertz CT molecular complexity index is 520. The number of likely N-dealkylation sites (tertiary alicyclic amines) is 1. The molecule has 2 heterocycles. The van der Waals surface area contributed by atoms with Crippen LogP contribution < -0.4 is 4.90 Å². The Morgan fingerprint density at radius 2 is 2.15 bits per heavy atom. The normalized spacial score (nSPS) is 19.6. The molecule has 2 rings (SSSR count). The van der Waals surface area contributed by atoms with E-state index in [4.69, 9.17) is 0 Å². The van der Waals surface area contributed by atoms with Gasteiger partial charge >= 0.3 is 0 Å². The number of aryl methyl sites for hydroxylation is 1. The van der Waals surface area contributed by atoms with Gasteiger partial charge in [0.25, 0.3) is 0 Å². The first-order valence-electron chi connectivity index (χ1n) is 7.16. The van der Waals surface area contributed by atoms with E-state index in [1.54, 1.807) is 0 Å². The number of aromatic nitrogens is 2. The van der Waals surface area contributed by atoms with Gasteiger partial charge in [-0.1, -0.05) is 0 Å². The van der Waals surface area contributed by atoms with Crippen LogP contribution in [-0.2, 0) is 0 Å². The van der Waals surface area contributed by atoms with Gasteiger partial charge in [0.2, 0.25) is 0 Å². The molecule has 1 saturated heterocycles. The molecule has 108 valence electrons. The SMILES string of the molecule is Cc1nnc(N(C)CC2CCCN(C)C2)c(C#N)c1C. The van der Waals surface area contributed by atoms with Crippen molar-refractivity contribution in [2.45, 2.75) is 26.7 Å². The number of nitriles is 1. The summed E-state index contributed by atoms with van der Waals surface area (Å²) in [6.07, 6.45) is 2.49. The van der Waals surface area contributed by atoms with Crippen molar-refractivity contribution in [3.8, 4) is 6.07 Å². The van der Waals surface area contributed by atoms with E-state index in [2.05, 4.69) is 33.1 Å². The van der Waals surface area contributed by atoms with Gasteiger partial charge in [0, 0.05) is 20.1 Å². The first-order valence-corrected chi connectivity index (χ1v) is 7.16. The Hall–Kier alpha value is -1.67. The van der Waals surface area contributed by atoms with Crippen molar-refractivity contribution in [1.82, 2.24) is 15.1 Å². The Kier molecular flexibility index (Phi) is 4.56. The minimum absolute atomic E-state index is 0.633. The van der Waals surface area contributed by atoms with Gasteiger partial charge < -0.3 is 9.80 Å². The Labute approximate surface area is 121 Å². The van der Waals surface area contributed by atoms with Gasteiger partial charge in [-0.05, 0) is 51.8 Å². The molecule has 0 radical (unpaired) electrons. The molecule has 1 aliphatic rings. The highest BCUT2D eigenvalue weighted by Gasteiger charge is 2.21. The fourth-order valence-corrected chi connectivity index (χ4v) is 2.89. The van der Waals surface area contributed by atoms with Crippen LogP contribution in [0.1, 0.15) is 29.7 Å². The summed E-state index contributed by atoms with van der Waals surface area (Å²) in [7, 11) is 4.18. The maximum Gasteiger partial charge on any atom is 0.169 e. The van der Waals surface area contributed by atoms with Crippen molar-refractivity contribution >= 4 is 5.82 Å². The van der Waals surface area contributed by atoms with Gasteiger partial charge in [0.1, 0.15) is 11.6 Å². The lowest BCUT2D eigenvalue weighted by atomic mass is 9.98. The summed E-state index contributed by atoms with van der Waals surface area (Å²) in [6, 6.07) is 2.28. The van der Waals surface area contributed by atoms with Crippen molar-refractivity contribution in [3.63, 3.8) is 0 Å². The lowest BCUT2D eigenvalue weighted by Gasteiger charge is -2.32. The molecule has 1 aromatic rings. The predicted molar refractivity (Wildman–Crippen MR) is 79.7 cm³/mol. The van der Waals surface area contributed by atoms with Crippen LogP contribution in [-0.4, -0.2) is 48.8 Å². The molecule has 0 aliphatic carbocycles. The van der Waals surface area contributed by atoms with Crippen LogP contribution in [0.5, 0.6) is 0 Å². The first kappa shape index (κ1) is 14.7. The number of hydrogen-bond acceptors (Lipinski definition) is 5. The van der Waals surface area contributed by atoms with E-state index in [9.17, 15) is 5.26 Å². The molecule has 20 heavy (non-hydrogen) atoms. The maximum absolute atomic E-state index is 9.37. The van der Waals surface area contributed by atoms with Crippen LogP contribution in [0.4, 0.5) is 5.82 Å². The molecule has 0 saturated carbocycles. The highest BCUT2D eigenvalue weighted by Crippen LogP contribution is 2.23. The van der Waals surface area contributed by atoms with E-state index in [0.29, 0.717) is 17.3 Å². The summed E-state index contributed by atoms with van der Waals surface area (Å²) in [6.45, 7) is 7.06. The average Bonchev–Trinajstić information content (AvgIpc) is 2.41. The highest BCUT2D eigenvalue weighted by atomic mass is 15.3. The Morgan fingerprint density at radius 1 is 1.40 bits per heavy atom. The summed E-state index contributed by atoms with van der Waals surface area (Å²) in [4.78, 5) is 4.46. The summed E-state index contributed by atoms with van der Waals surface area (Å²) < 4.78 is 0. The summed E-state index contributed by atoms with van der Waals surface area (Å²) in [5.41, 5.74) is 2.42.